The van der Waals surface area contributed by atoms with E-state index in [1.807, 2.05) is 30.3 Å². The number of aromatic nitrogens is 2. The average molecular weight is 470 g/mol. The Kier molecular flexibility index (Phi) is 6.01. The normalized spacial score (nSPS) is 11.8. The Morgan fingerprint density at radius 2 is 1.66 bits per heavy atom. The van der Waals surface area contributed by atoms with Crippen molar-refractivity contribution < 1.29 is 8.42 Å². The highest BCUT2D eigenvalue weighted by Crippen LogP contribution is 2.25. The van der Waals surface area contributed by atoms with Crippen molar-refractivity contribution in [1.82, 2.24) is 13.9 Å². The van der Waals surface area contributed by atoms with Crippen molar-refractivity contribution in [3.63, 3.8) is 0 Å². The Labute approximate surface area is 189 Å². The van der Waals surface area contributed by atoms with Gasteiger partial charge in [-0.2, -0.15) is 4.31 Å². The van der Waals surface area contributed by atoms with Gasteiger partial charge in [0.25, 0.3) is 5.56 Å². The Balaban J connectivity index is 1.84. The molecule has 7 nitrogen and oxygen atoms in total. The van der Waals surface area contributed by atoms with E-state index in [0.717, 1.165) is 10.1 Å². The van der Waals surface area contributed by atoms with E-state index >= 15 is 0 Å². The van der Waals surface area contributed by atoms with Crippen molar-refractivity contribution in [2.24, 2.45) is 0 Å². The minimum atomic E-state index is -3.92. The number of nitrogens with one attached hydrogen (secondary N) is 1. The summed E-state index contributed by atoms with van der Waals surface area (Å²) in [7, 11) is -3.92. The summed E-state index contributed by atoms with van der Waals surface area (Å²) in [6, 6.07) is 19.8. The number of sulfonamides is 1. The van der Waals surface area contributed by atoms with Crippen LogP contribution >= 0.6 is 11.6 Å². The Hall–Kier alpha value is -3.20. The number of nitrogens with zero attached hydrogens (tertiary/aromatic N) is 2. The van der Waals surface area contributed by atoms with Gasteiger partial charge in [-0.3, -0.25) is 4.79 Å². The first kappa shape index (κ1) is 22.0. The first-order valence-electron chi connectivity index (χ1n) is 9.91. The maximum Gasteiger partial charge on any atom is 0.333 e. The third-order valence-corrected chi connectivity index (χ3v) is 7.39. The zero-order valence-corrected chi connectivity index (χ0v) is 18.7. The van der Waals surface area contributed by atoms with Crippen molar-refractivity contribution in [2.75, 3.05) is 6.54 Å². The molecular weight excluding hydrogens is 450 g/mol. The summed E-state index contributed by atoms with van der Waals surface area (Å²) in [6.07, 6.45) is 0. The molecule has 9 heteroatoms. The van der Waals surface area contributed by atoms with Gasteiger partial charge in [0.2, 0.25) is 10.0 Å². The summed E-state index contributed by atoms with van der Waals surface area (Å²) in [5.41, 5.74) is -0.0623. The number of para-hydroxylation sites is 1. The smallest absolute Gasteiger partial charge is 0.306 e. The van der Waals surface area contributed by atoms with Gasteiger partial charge in [-0.05, 0) is 35.9 Å². The third-order valence-electron chi connectivity index (χ3n) is 5.16. The molecule has 0 atom stereocenters. The van der Waals surface area contributed by atoms with E-state index in [-0.39, 0.29) is 34.1 Å². The molecule has 0 unspecified atom stereocenters. The molecule has 4 aromatic rings. The summed E-state index contributed by atoms with van der Waals surface area (Å²) in [5.74, 6) is 0. The molecule has 32 heavy (non-hydrogen) atoms. The van der Waals surface area contributed by atoms with E-state index in [2.05, 4.69) is 4.98 Å². The molecule has 0 spiro atoms. The van der Waals surface area contributed by atoms with Gasteiger partial charge in [-0.25, -0.2) is 17.8 Å². The van der Waals surface area contributed by atoms with E-state index in [0.29, 0.717) is 5.52 Å². The van der Waals surface area contributed by atoms with Crippen molar-refractivity contribution in [2.45, 2.75) is 18.4 Å². The van der Waals surface area contributed by atoms with Gasteiger partial charge in [0.05, 0.1) is 26.5 Å². The maximum atomic E-state index is 13.4. The van der Waals surface area contributed by atoms with Gasteiger partial charge < -0.3 is 4.98 Å². The van der Waals surface area contributed by atoms with Crippen LogP contribution in [0.5, 0.6) is 0 Å². The highest BCUT2D eigenvalue weighted by atomic mass is 35.5. The second-order valence-electron chi connectivity index (χ2n) is 7.15. The molecule has 1 aromatic heterocycles. The van der Waals surface area contributed by atoms with Crippen molar-refractivity contribution >= 4 is 32.5 Å². The number of halogens is 1. The van der Waals surface area contributed by atoms with E-state index < -0.39 is 21.3 Å². The lowest BCUT2D eigenvalue weighted by molar-refractivity contribution is 0.423. The van der Waals surface area contributed by atoms with Crippen LogP contribution in [0.1, 0.15) is 12.5 Å². The van der Waals surface area contributed by atoms with Crippen LogP contribution in [0.2, 0.25) is 5.02 Å². The highest BCUT2D eigenvalue weighted by molar-refractivity contribution is 7.89. The molecule has 0 bridgehead atoms. The van der Waals surface area contributed by atoms with E-state index in [9.17, 15) is 18.0 Å². The molecule has 164 valence electrons. The van der Waals surface area contributed by atoms with Crippen LogP contribution in [0.3, 0.4) is 0 Å². The van der Waals surface area contributed by atoms with Gasteiger partial charge in [-0.1, -0.05) is 61.0 Å². The number of benzene rings is 3. The second-order valence-corrected chi connectivity index (χ2v) is 9.49. The number of H-pyrrole nitrogens is 1. The second kappa shape index (κ2) is 8.74. The van der Waals surface area contributed by atoms with Crippen LogP contribution < -0.4 is 11.2 Å². The lowest BCUT2D eigenvalue weighted by atomic mass is 10.2. The molecule has 0 aliphatic heterocycles. The SMILES string of the molecule is CCN(Cc1ccccc1)S(=O)(=O)c1ccc(Cl)c(-n2c(=O)[nH]c3ccccc3c2=O)c1. The van der Waals surface area contributed by atoms with Gasteiger partial charge in [0.1, 0.15) is 0 Å². The fraction of sp³-hybridized carbons (Fsp3) is 0.130. The average Bonchev–Trinajstić information content (AvgIpc) is 2.79. The largest absolute Gasteiger partial charge is 0.333 e. The summed E-state index contributed by atoms with van der Waals surface area (Å²) in [6.45, 7) is 2.18. The lowest BCUT2D eigenvalue weighted by Gasteiger charge is -2.21. The van der Waals surface area contributed by atoms with Gasteiger partial charge in [-0.15, -0.1) is 0 Å². The first-order chi connectivity index (χ1) is 15.3. The molecule has 1 heterocycles. The van der Waals surface area contributed by atoms with Crippen LogP contribution in [0.25, 0.3) is 16.6 Å². The highest BCUT2D eigenvalue weighted by Gasteiger charge is 2.25. The zero-order chi connectivity index (χ0) is 22.9. The van der Waals surface area contributed by atoms with Crippen molar-refractivity contribution in [3.8, 4) is 5.69 Å². The molecule has 0 saturated carbocycles. The quantitative estimate of drug-likeness (QED) is 0.467. The van der Waals surface area contributed by atoms with Gasteiger partial charge in [0, 0.05) is 13.1 Å². The van der Waals surface area contributed by atoms with Gasteiger partial charge >= 0.3 is 5.69 Å². The zero-order valence-electron chi connectivity index (χ0n) is 17.2. The predicted molar refractivity (Wildman–Crippen MR) is 125 cm³/mol. The van der Waals surface area contributed by atoms with Gasteiger partial charge in [0.15, 0.2) is 0 Å². The number of fused-ring (bicyclic) bond motifs is 1. The number of hydrogen-bond acceptors (Lipinski definition) is 4. The standard InChI is InChI=1S/C23H20ClN3O4S/c1-2-26(15-16-8-4-3-5-9-16)32(30,31)17-12-13-19(24)21(14-17)27-22(28)18-10-6-7-11-20(18)25-23(27)29/h3-14H,2,15H2,1H3,(H,25,29). The number of rotatable bonds is 6. The fourth-order valence-corrected chi connectivity index (χ4v) is 5.17. The lowest BCUT2D eigenvalue weighted by Crippen LogP contribution is -2.34. The molecule has 0 aliphatic rings. The molecule has 4 rings (SSSR count). The van der Waals surface area contributed by atoms with Crippen molar-refractivity contribution in [3.05, 3.63) is 104 Å². The van der Waals surface area contributed by atoms with Crippen LogP contribution in [-0.4, -0.2) is 28.8 Å². The molecule has 1 N–H and O–H groups in total. The van der Waals surface area contributed by atoms with E-state index in [4.69, 9.17) is 11.6 Å². The predicted octanol–water partition coefficient (Wildman–Crippen LogP) is 3.54. The Morgan fingerprint density at radius 3 is 2.38 bits per heavy atom. The van der Waals surface area contributed by atoms with E-state index in [1.54, 1.807) is 31.2 Å². The third kappa shape index (κ3) is 4.00. The summed E-state index contributed by atoms with van der Waals surface area (Å²) < 4.78 is 28.9. The minimum absolute atomic E-state index is 0.000471. The minimum Gasteiger partial charge on any atom is -0.306 e. The van der Waals surface area contributed by atoms with Crippen LogP contribution in [0.15, 0.2) is 87.3 Å². The molecular formula is C23H20ClN3O4S. The number of aromatic amines is 1. The molecule has 0 saturated heterocycles. The first-order valence-corrected chi connectivity index (χ1v) is 11.7. The topological polar surface area (TPSA) is 92.2 Å². The van der Waals surface area contributed by atoms with E-state index in [1.165, 1.54) is 22.5 Å². The van der Waals surface area contributed by atoms with Crippen molar-refractivity contribution in [1.29, 1.82) is 0 Å². The Morgan fingerprint density at radius 1 is 0.969 bits per heavy atom. The van der Waals surface area contributed by atoms with Crippen LogP contribution in [0, 0.1) is 0 Å². The summed E-state index contributed by atoms with van der Waals surface area (Å²) in [5, 5.41) is 0.369. The molecule has 0 amide bonds. The fourth-order valence-electron chi connectivity index (χ4n) is 3.51. The van der Waals surface area contributed by atoms with Crippen LogP contribution in [-0.2, 0) is 16.6 Å². The number of hydrogen-bond donors (Lipinski definition) is 1. The van der Waals surface area contributed by atoms with Crippen LogP contribution in [0.4, 0.5) is 0 Å². The summed E-state index contributed by atoms with van der Waals surface area (Å²) in [4.78, 5) is 28.3. The monoisotopic (exact) mass is 469 g/mol. The Bertz CT molecular complexity index is 1510. The molecule has 0 fully saturated rings. The maximum absolute atomic E-state index is 13.4. The molecule has 3 aromatic carbocycles. The molecule has 0 aliphatic carbocycles. The molecule has 0 radical (unpaired) electrons. The summed E-state index contributed by atoms with van der Waals surface area (Å²) >= 11 is 6.30.